The van der Waals surface area contributed by atoms with Crippen LogP contribution in [0.15, 0.2) is 18.2 Å². The largest absolute Gasteiger partial charge is 0.497 e. The quantitative estimate of drug-likeness (QED) is 0.775. The van der Waals surface area contributed by atoms with Crippen molar-refractivity contribution in [3.63, 3.8) is 0 Å². The molecule has 1 aliphatic rings. The van der Waals surface area contributed by atoms with Crippen LogP contribution >= 0.6 is 0 Å². The van der Waals surface area contributed by atoms with Crippen LogP contribution in [0.1, 0.15) is 76.2 Å². The maximum atomic E-state index is 5.52. The van der Waals surface area contributed by atoms with Gasteiger partial charge in [-0.05, 0) is 18.9 Å². The topological polar surface area (TPSA) is 30.5 Å². The van der Waals surface area contributed by atoms with E-state index in [4.69, 9.17) is 9.47 Å². The average molecular weight is 334 g/mol. The Hall–Kier alpha value is -1.22. The average Bonchev–Trinajstić information content (AvgIpc) is 2.61. The van der Waals surface area contributed by atoms with Gasteiger partial charge in [0.25, 0.3) is 0 Å². The van der Waals surface area contributed by atoms with E-state index in [9.17, 15) is 0 Å². The second kappa shape index (κ2) is 11.4. The summed E-state index contributed by atoms with van der Waals surface area (Å²) in [5, 5.41) is 3.78. The molecule has 0 radical (unpaired) electrons. The second-order valence-electron chi connectivity index (χ2n) is 7.01. The Morgan fingerprint density at radius 2 is 1.42 bits per heavy atom. The number of rotatable bonds is 5. The maximum Gasteiger partial charge on any atom is 0.127 e. The third-order valence-corrected chi connectivity index (χ3v) is 5.18. The van der Waals surface area contributed by atoms with E-state index >= 15 is 0 Å². The van der Waals surface area contributed by atoms with E-state index in [1.165, 1.54) is 76.2 Å². The molecule has 0 heterocycles. The first-order valence-corrected chi connectivity index (χ1v) is 9.78. The summed E-state index contributed by atoms with van der Waals surface area (Å²) in [6, 6.07) is 6.73. The van der Waals surface area contributed by atoms with Gasteiger partial charge in [-0.3, -0.25) is 0 Å². The second-order valence-corrected chi connectivity index (χ2v) is 7.01. The van der Waals surface area contributed by atoms with Crippen molar-refractivity contribution in [2.75, 3.05) is 14.2 Å². The summed E-state index contributed by atoms with van der Waals surface area (Å²) in [5.74, 6) is 1.76. The fraction of sp³-hybridized carbons (Fsp3) is 0.714. The van der Waals surface area contributed by atoms with E-state index < -0.39 is 0 Å². The van der Waals surface area contributed by atoms with Crippen molar-refractivity contribution in [1.82, 2.24) is 5.32 Å². The van der Waals surface area contributed by atoms with E-state index in [-0.39, 0.29) is 0 Å². The molecule has 0 atom stereocenters. The lowest BCUT2D eigenvalue weighted by Gasteiger charge is -2.20. The smallest absolute Gasteiger partial charge is 0.127 e. The van der Waals surface area contributed by atoms with Gasteiger partial charge in [0.15, 0.2) is 0 Å². The van der Waals surface area contributed by atoms with E-state index in [1.807, 2.05) is 12.1 Å². The molecule has 2 rings (SSSR count). The summed E-state index contributed by atoms with van der Waals surface area (Å²) in [6.07, 6.45) is 15.2. The molecule has 1 saturated carbocycles. The Labute approximate surface area is 148 Å². The Morgan fingerprint density at radius 1 is 0.833 bits per heavy atom. The fourth-order valence-corrected chi connectivity index (χ4v) is 3.62. The van der Waals surface area contributed by atoms with Crippen LogP contribution in [-0.2, 0) is 6.54 Å². The summed E-state index contributed by atoms with van der Waals surface area (Å²) in [4.78, 5) is 0. The Bertz CT molecular complexity index is 449. The minimum atomic E-state index is 0.635. The highest BCUT2D eigenvalue weighted by Crippen LogP contribution is 2.25. The van der Waals surface area contributed by atoms with Gasteiger partial charge >= 0.3 is 0 Å². The minimum absolute atomic E-state index is 0.635. The zero-order chi connectivity index (χ0) is 17.0. The molecule has 0 aliphatic heterocycles. The molecule has 1 aliphatic carbocycles. The van der Waals surface area contributed by atoms with Crippen molar-refractivity contribution < 1.29 is 9.47 Å². The first kappa shape index (κ1) is 19.1. The van der Waals surface area contributed by atoms with Gasteiger partial charge in [-0.15, -0.1) is 0 Å². The minimum Gasteiger partial charge on any atom is -0.497 e. The Morgan fingerprint density at radius 3 is 1.96 bits per heavy atom. The predicted octanol–water partition coefficient (Wildman–Crippen LogP) is 5.47. The molecule has 1 aromatic rings. The number of ether oxygens (including phenoxy) is 2. The zero-order valence-corrected chi connectivity index (χ0v) is 15.6. The normalized spacial score (nSPS) is 18.4. The number of nitrogens with one attached hydrogen (secondary N) is 1. The van der Waals surface area contributed by atoms with Gasteiger partial charge in [0.1, 0.15) is 11.5 Å². The summed E-state index contributed by atoms with van der Waals surface area (Å²) >= 11 is 0. The van der Waals surface area contributed by atoms with Gasteiger partial charge in [-0.25, -0.2) is 0 Å². The maximum absolute atomic E-state index is 5.52. The lowest BCUT2D eigenvalue weighted by molar-refractivity contribution is 0.380. The molecule has 1 aromatic carbocycles. The van der Waals surface area contributed by atoms with E-state index in [0.29, 0.717) is 6.04 Å². The third-order valence-electron chi connectivity index (χ3n) is 5.18. The SMILES string of the molecule is COc1ccc(CNC2CCCCCCCCCCC2)c(OC)c1. The van der Waals surface area contributed by atoms with Crippen molar-refractivity contribution in [3.05, 3.63) is 23.8 Å². The lowest BCUT2D eigenvalue weighted by atomic mass is 9.97. The summed E-state index contributed by atoms with van der Waals surface area (Å²) in [7, 11) is 3.42. The van der Waals surface area contributed by atoms with Crippen molar-refractivity contribution >= 4 is 0 Å². The highest BCUT2D eigenvalue weighted by molar-refractivity contribution is 5.40. The van der Waals surface area contributed by atoms with Crippen molar-refractivity contribution in [2.24, 2.45) is 0 Å². The molecule has 0 bridgehead atoms. The van der Waals surface area contributed by atoms with Crippen LogP contribution < -0.4 is 14.8 Å². The van der Waals surface area contributed by atoms with Gasteiger partial charge in [0.2, 0.25) is 0 Å². The van der Waals surface area contributed by atoms with Crippen LogP contribution in [0.25, 0.3) is 0 Å². The third kappa shape index (κ3) is 6.72. The molecule has 136 valence electrons. The molecule has 1 N–H and O–H groups in total. The predicted molar refractivity (Wildman–Crippen MR) is 101 cm³/mol. The molecular formula is C21H35NO2. The Kier molecular flexibility index (Phi) is 9.04. The van der Waals surface area contributed by atoms with Crippen LogP contribution in [0, 0.1) is 0 Å². The number of benzene rings is 1. The van der Waals surface area contributed by atoms with E-state index in [2.05, 4.69) is 11.4 Å². The molecular weight excluding hydrogens is 298 g/mol. The van der Waals surface area contributed by atoms with E-state index in [0.717, 1.165) is 18.0 Å². The first-order valence-electron chi connectivity index (χ1n) is 9.78. The number of methoxy groups -OCH3 is 2. The van der Waals surface area contributed by atoms with Crippen LogP contribution in [-0.4, -0.2) is 20.3 Å². The van der Waals surface area contributed by atoms with Crippen LogP contribution in [0.4, 0.5) is 0 Å². The molecule has 0 aromatic heterocycles. The molecule has 0 saturated heterocycles. The van der Waals surface area contributed by atoms with Crippen molar-refractivity contribution in [1.29, 1.82) is 0 Å². The monoisotopic (exact) mass is 333 g/mol. The molecule has 3 heteroatoms. The standard InChI is InChI=1S/C21H35NO2/c1-23-20-15-14-18(21(16-20)24-2)17-22-19-12-10-8-6-4-3-5-7-9-11-13-19/h14-16,19,22H,3-13,17H2,1-2H3. The molecule has 0 unspecified atom stereocenters. The molecule has 0 spiro atoms. The van der Waals surface area contributed by atoms with Crippen molar-refractivity contribution in [3.8, 4) is 11.5 Å². The molecule has 24 heavy (non-hydrogen) atoms. The summed E-state index contributed by atoms with van der Waals surface area (Å²) in [5.41, 5.74) is 1.21. The highest BCUT2D eigenvalue weighted by Gasteiger charge is 2.11. The van der Waals surface area contributed by atoms with Gasteiger partial charge < -0.3 is 14.8 Å². The fourth-order valence-electron chi connectivity index (χ4n) is 3.62. The van der Waals surface area contributed by atoms with Gasteiger partial charge in [-0.1, -0.05) is 63.9 Å². The summed E-state index contributed by atoms with van der Waals surface area (Å²) < 4.78 is 10.8. The first-order chi connectivity index (χ1) is 11.8. The summed E-state index contributed by atoms with van der Waals surface area (Å²) in [6.45, 7) is 0.873. The lowest BCUT2D eigenvalue weighted by Crippen LogP contribution is -2.28. The van der Waals surface area contributed by atoms with Crippen LogP contribution in [0.3, 0.4) is 0 Å². The van der Waals surface area contributed by atoms with E-state index in [1.54, 1.807) is 14.2 Å². The Balaban J connectivity index is 1.87. The van der Waals surface area contributed by atoms with Crippen molar-refractivity contribution in [2.45, 2.75) is 83.2 Å². The van der Waals surface area contributed by atoms with Crippen LogP contribution in [0.5, 0.6) is 11.5 Å². The van der Waals surface area contributed by atoms with Crippen LogP contribution in [0.2, 0.25) is 0 Å². The molecule has 0 amide bonds. The number of hydrogen-bond donors (Lipinski definition) is 1. The van der Waals surface area contributed by atoms with Gasteiger partial charge in [-0.2, -0.15) is 0 Å². The zero-order valence-electron chi connectivity index (χ0n) is 15.6. The van der Waals surface area contributed by atoms with Gasteiger partial charge in [0.05, 0.1) is 14.2 Å². The molecule has 3 nitrogen and oxygen atoms in total. The molecule has 1 fully saturated rings. The highest BCUT2D eigenvalue weighted by atomic mass is 16.5. The van der Waals surface area contributed by atoms with Gasteiger partial charge in [0, 0.05) is 24.2 Å². The number of hydrogen-bond acceptors (Lipinski definition) is 3.